The van der Waals surface area contributed by atoms with Gasteiger partial charge >= 0.3 is 0 Å². The van der Waals surface area contributed by atoms with E-state index in [0.29, 0.717) is 22.4 Å². The Hall–Kier alpha value is -1.93. The highest BCUT2D eigenvalue weighted by molar-refractivity contribution is 8.00. The Morgan fingerprint density at radius 3 is 2.62 bits per heavy atom. The first-order valence-corrected chi connectivity index (χ1v) is 10.5. The fourth-order valence-electron chi connectivity index (χ4n) is 2.29. The normalized spacial score (nSPS) is 11.9. The van der Waals surface area contributed by atoms with Crippen molar-refractivity contribution < 1.29 is 13.9 Å². The number of nitrogens with one attached hydrogen (secondary N) is 1. The van der Waals surface area contributed by atoms with Gasteiger partial charge in [0.15, 0.2) is 6.61 Å². The summed E-state index contributed by atoms with van der Waals surface area (Å²) in [5.41, 5.74) is 1.39. The van der Waals surface area contributed by atoms with Crippen LogP contribution in [0.3, 0.4) is 0 Å². The van der Waals surface area contributed by atoms with E-state index >= 15 is 0 Å². The third kappa shape index (κ3) is 6.02. The van der Waals surface area contributed by atoms with Gasteiger partial charge in [-0.3, -0.25) is 4.79 Å². The van der Waals surface area contributed by atoms with Crippen LogP contribution in [0.2, 0.25) is 15.1 Å². The quantitative estimate of drug-likeness (QED) is 0.423. The second kappa shape index (κ2) is 9.71. The average molecular weight is 473 g/mol. The minimum atomic E-state index is -0.538. The molecule has 0 fully saturated rings. The molecule has 0 saturated heterocycles. The number of hydrogen-bond donors (Lipinski definition) is 1. The third-order valence-electron chi connectivity index (χ3n) is 3.70. The standard InChI is InChI=1S/C19H16Cl3N3O3S/c1-10-4-3-5-13(6-10)27-9-16-24-25-19(28-16)29-11(2)18(26)23-17-14(21)7-12(20)8-15(17)22/h3-8,11H,9H2,1-2H3,(H,23,26). The van der Waals surface area contributed by atoms with Crippen molar-refractivity contribution in [2.75, 3.05) is 5.32 Å². The molecule has 2 aromatic carbocycles. The summed E-state index contributed by atoms with van der Waals surface area (Å²) in [5, 5.41) is 11.2. The van der Waals surface area contributed by atoms with Crippen LogP contribution >= 0.6 is 46.6 Å². The highest BCUT2D eigenvalue weighted by atomic mass is 35.5. The molecule has 0 bridgehead atoms. The second-order valence-electron chi connectivity index (χ2n) is 6.06. The molecule has 10 heteroatoms. The number of carbonyl (C=O) groups excluding carboxylic acids is 1. The molecular formula is C19H16Cl3N3O3S. The summed E-state index contributed by atoms with van der Waals surface area (Å²) in [6.07, 6.45) is 0. The van der Waals surface area contributed by atoms with Gasteiger partial charge in [0.2, 0.25) is 5.91 Å². The van der Waals surface area contributed by atoms with Crippen LogP contribution in [0.4, 0.5) is 5.69 Å². The van der Waals surface area contributed by atoms with Gasteiger partial charge in [-0.1, -0.05) is 58.7 Å². The molecule has 0 saturated carbocycles. The van der Waals surface area contributed by atoms with E-state index in [-0.39, 0.29) is 27.8 Å². The number of thioether (sulfide) groups is 1. The molecule has 0 radical (unpaired) electrons. The number of rotatable bonds is 7. The smallest absolute Gasteiger partial charge is 0.277 e. The number of aryl methyl sites for hydroxylation is 1. The SMILES string of the molecule is Cc1cccc(OCc2nnc(SC(C)C(=O)Nc3c(Cl)cc(Cl)cc3Cl)o2)c1. The zero-order valence-electron chi connectivity index (χ0n) is 15.4. The maximum absolute atomic E-state index is 12.5. The lowest BCUT2D eigenvalue weighted by atomic mass is 10.2. The Labute approximate surface area is 186 Å². The fourth-order valence-corrected chi connectivity index (χ4v) is 3.90. The number of benzene rings is 2. The highest BCUT2D eigenvalue weighted by Gasteiger charge is 2.20. The van der Waals surface area contributed by atoms with E-state index in [0.717, 1.165) is 17.3 Å². The Kier molecular flexibility index (Phi) is 7.29. The second-order valence-corrected chi connectivity index (χ2v) is 8.60. The first-order chi connectivity index (χ1) is 13.8. The molecule has 1 atom stereocenters. The van der Waals surface area contributed by atoms with Crippen LogP contribution in [0.5, 0.6) is 5.75 Å². The summed E-state index contributed by atoms with van der Waals surface area (Å²) < 4.78 is 11.2. The van der Waals surface area contributed by atoms with Crippen LogP contribution in [0.1, 0.15) is 18.4 Å². The molecule has 0 aliphatic heterocycles. The topological polar surface area (TPSA) is 77.2 Å². The monoisotopic (exact) mass is 471 g/mol. The molecule has 1 N–H and O–H groups in total. The molecule has 1 unspecified atom stereocenters. The Morgan fingerprint density at radius 1 is 1.21 bits per heavy atom. The predicted octanol–water partition coefficient (Wildman–Crippen LogP) is 6.04. The van der Waals surface area contributed by atoms with Crippen molar-refractivity contribution in [3.05, 3.63) is 62.9 Å². The van der Waals surface area contributed by atoms with Gasteiger partial charge in [-0.2, -0.15) is 0 Å². The Bertz CT molecular complexity index is 1010. The van der Waals surface area contributed by atoms with E-state index in [1.807, 2.05) is 31.2 Å². The van der Waals surface area contributed by atoms with Crippen LogP contribution in [0.25, 0.3) is 0 Å². The van der Waals surface area contributed by atoms with Crippen molar-refractivity contribution in [3.63, 3.8) is 0 Å². The molecule has 152 valence electrons. The van der Waals surface area contributed by atoms with Gasteiger partial charge in [-0.05, 0) is 43.7 Å². The molecule has 0 aliphatic carbocycles. The molecule has 6 nitrogen and oxygen atoms in total. The largest absolute Gasteiger partial charge is 0.484 e. The van der Waals surface area contributed by atoms with Gasteiger partial charge in [0.05, 0.1) is 21.0 Å². The number of anilines is 1. The van der Waals surface area contributed by atoms with Crippen molar-refractivity contribution in [1.29, 1.82) is 0 Å². The zero-order valence-corrected chi connectivity index (χ0v) is 18.5. The van der Waals surface area contributed by atoms with Crippen LogP contribution in [0.15, 0.2) is 46.0 Å². The van der Waals surface area contributed by atoms with Gasteiger partial charge < -0.3 is 14.5 Å². The van der Waals surface area contributed by atoms with Crippen LogP contribution in [-0.2, 0) is 11.4 Å². The van der Waals surface area contributed by atoms with Crippen LogP contribution in [-0.4, -0.2) is 21.4 Å². The van der Waals surface area contributed by atoms with Gasteiger partial charge in [0.1, 0.15) is 5.75 Å². The maximum atomic E-state index is 12.5. The number of halogens is 3. The molecule has 1 aromatic heterocycles. The van der Waals surface area contributed by atoms with E-state index in [1.54, 1.807) is 6.92 Å². The van der Waals surface area contributed by atoms with Crippen molar-refractivity contribution in [2.24, 2.45) is 0 Å². The minimum absolute atomic E-state index is 0.133. The van der Waals surface area contributed by atoms with Crippen molar-refractivity contribution in [3.8, 4) is 5.75 Å². The molecule has 3 rings (SSSR count). The third-order valence-corrected chi connectivity index (χ3v) is 5.45. The zero-order chi connectivity index (χ0) is 21.0. The van der Waals surface area contributed by atoms with E-state index < -0.39 is 5.25 Å². The van der Waals surface area contributed by atoms with E-state index in [1.165, 1.54) is 12.1 Å². The van der Waals surface area contributed by atoms with Gasteiger partial charge in [0, 0.05) is 5.02 Å². The lowest BCUT2D eigenvalue weighted by Gasteiger charge is -2.12. The van der Waals surface area contributed by atoms with Gasteiger partial charge in [-0.15, -0.1) is 10.2 Å². The summed E-state index contributed by atoms with van der Waals surface area (Å²) in [5.74, 6) is 0.698. The minimum Gasteiger partial charge on any atom is -0.484 e. The lowest BCUT2D eigenvalue weighted by Crippen LogP contribution is -2.22. The van der Waals surface area contributed by atoms with Crippen molar-refractivity contribution in [2.45, 2.75) is 30.9 Å². The lowest BCUT2D eigenvalue weighted by molar-refractivity contribution is -0.115. The summed E-state index contributed by atoms with van der Waals surface area (Å²) in [6.45, 7) is 3.81. The molecule has 1 heterocycles. The van der Waals surface area contributed by atoms with E-state index in [4.69, 9.17) is 44.0 Å². The number of amides is 1. The van der Waals surface area contributed by atoms with Gasteiger partial charge in [0.25, 0.3) is 11.1 Å². The average Bonchev–Trinajstić information content (AvgIpc) is 3.10. The summed E-state index contributed by atoms with van der Waals surface area (Å²) in [6, 6.07) is 10.6. The summed E-state index contributed by atoms with van der Waals surface area (Å²) in [7, 11) is 0. The number of ether oxygens (including phenoxy) is 1. The summed E-state index contributed by atoms with van der Waals surface area (Å²) in [4.78, 5) is 12.5. The molecule has 29 heavy (non-hydrogen) atoms. The number of aromatic nitrogens is 2. The Morgan fingerprint density at radius 2 is 1.93 bits per heavy atom. The highest BCUT2D eigenvalue weighted by Crippen LogP contribution is 2.34. The molecule has 1 amide bonds. The first-order valence-electron chi connectivity index (χ1n) is 8.45. The number of hydrogen-bond acceptors (Lipinski definition) is 6. The van der Waals surface area contributed by atoms with Crippen LogP contribution < -0.4 is 10.1 Å². The van der Waals surface area contributed by atoms with E-state index in [9.17, 15) is 4.79 Å². The molecule has 0 spiro atoms. The number of nitrogens with zero attached hydrogens (tertiary/aromatic N) is 2. The summed E-state index contributed by atoms with van der Waals surface area (Å²) >= 11 is 19.2. The number of carbonyl (C=O) groups is 1. The first kappa shape index (κ1) is 21.8. The van der Waals surface area contributed by atoms with Gasteiger partial charge in [-0.25, -0.2) is 0 Å². The van der Waals surface area contributed by atoms with Crippen molar-refractivity contribution in [1.82, 2.24) is 10.2 Å². The molecule has 3 aromatic rings. The fraction of sp³-hybridized carbons (Fsp3) is 0.211. The molecule has 0 aliphatic rings. The molecular weight excluding hydrogens is 457 g/mol. The predicted molar refractivity (Wildman–Crippen MR) is 115 cm³/mol. The van der Waals surface area contributed by atoms with Crippen molar-refractivity contribution >= 4 is 58.2 Å². The Balaban J connectivity index is 1.57. The van der Waals surface area contributed by atoms with E-state index in [2.05, 4.69) is 15.5 Å². The maximum Gasteiger partial charge on any atom is 0.277 e. The van der Waals surface area contributed by atoms with Crippen LogP contribution in [0, 0.1) is 6.92 Å².